The molecule has 1 aromatic carbocycles. The smallest absolute Gasteiger partial charge is 0.207 e. The minimum atomic E-state index is 0.218. The predicted octanol–water partition coefficient (Wildman–Crippen LogP) is 1.97. The van der Waals surface area contributed by atoms with Crippen molar-refractivity contribution in [1.82, 2.24) is 5.32 Å². The molecule has 0 spiro atoms. The zero-order chi connectivity index (χ0) is 9.10. The predicted molar refractivity (Wildman–Crippen MR) is 53.7 cm³/mol. The SMILES string of the molecule is O=CNC1CCSc2ccccc21. The summed E-state index contributed by atoms with van der Waals surface area (Å²) in [5, 5.41) is 2.85. The van der Waals surface area contributed by atoms with Crippen LogP contribution < -0.4 is 5.32 Å². The van der Waals surface area contributed by atoms with Crippen LogP contribution in [0.4, 0.5) is 0 Å². The van der Waals surface area contributed by atoms with Gasteiger partial charge in [-0.1, -0.05) is 18.2 Å². The zero-order valence-corrected chi connectivity index (χ0v) is 8.01. The number of amides is 1. The highest BCUT2D eigenvalue weighted by Crippen LogP contribution is 2.35. The van der Waals surface area contributed by atoms with Crippen LogP contribution in [0.5, 0.6) is 0 Å². The van der Waals surface area contributed by atoms with Crippen molar-refractivity contribution in [2.45, 2.75) is 17.4 Å². The quantitative estimate of drug-likeness (QED) is 0.727. The monoisotopic (exact) mass is 193 g/mol. The molecule has 0 saturated heterocycles. The maximum atomic E-state index is 10.4. The van der Waals surface area contributed by atoms with Crippen LogP contribution in [-0.4, -0.2) is 12.2 Å². The van der Waals surface area contributed by atoms with Gasteiger partial charge in [0.15, 0.2) is 0 Å². The van der Waals surface area contributed by atoms with Crippen molar-refractivity contribution in [3.05, 3.63) is 29.8 Å². The van der Waals surface area contributed by atoms with Gasteiger partial charge in [0.1, 0.15) is 0 Å². The number of fused-ring (bicyclic) bond motifs is 1. The molecule has 1 aliphatic heterocycles. The van der Waals surface area contributed by atoms with Gasteiger partial charge in [-0.15, -0.1) is 11.8 Å². The summed E-state index contributed by atoms with van der Waals surface area (Å²) in [6.45, 7) is 0. The summed E-state index contributed by atoms with van der Waals surface area (Å²) in [5.41, 5.74) is 1.26. The lowest BCUT2D eigenvalue weighted by Gasteiger charge is -2.23. The highest BCUT2D eigenvalue weighted by Gasteiger charge is 2.18. The lowest BCUT2D eigenvalue weighted by atomic mass is 10.0. The molecule has 0 radical (unpaired) electrons. The maximum absolute atomic E-state index is 10.4. The molecule has 1 aliphatic rings. The molecule has 3 heteroatoms. The fourth-order valence-electron chi connectivity index (χ4n) is 1.60. The Bertz CT molecular complexity index is 314. The summed E-state index contributed by atoms with van der Waals surface area (Å²) in [6.07, 6.45) is 1.82. The first-order valence-electron chi connectivity index (χ1n) is 4.33. The van der Waals surface area contributed by atoms with E-state index in [1.807, 2.05) is 23.9 Å². The van der Waals surface area contributed by atoms with Crippen LogP contribution in [0.1, 0.15) is 18.0 Å². The Morgan fingerprint density at radius 1 is 1.46 bits per heavy atom. The van der Waals surface area contributed by atoms with Crippen molar-refractivity contribution in [3.8, 4) is 0 Å². The van der Waals surface area contributed by atoms with Crippen molar-refractivity contribution in [2.24, 2.45) is 0 Å². The molecule has 13 heavy (non-hydrogen) atoms. The first kappa shape index (κ1) is 8.63. The van der Waals surface area contributed by atoms with Gasteiger partial charge >= 0.3 is 0 Å². The minimum absolute atomic E-state index is 0.218. The van der Waals surface area contributed by atoms with E-state index >= 15 is 0 Å². The topological polar surface area (TPSA) is 29.1 Å². The Kier molecular flexibility index (Phi) is 2.54. The van der Waals surface area contributed by atoms with E-state index in [0.717, 1.165) is 18.6 Å². The molecule has 68 valence electrons. The second-order valence-electron chi connectivity index (χ2n) is 3.01. The minimum Gasteiger partial charge on any atom is -0.352 e. The number of rotatable bonds is 2. The summed E-state index contributed by atoms with van der Waals surface area (Å²) in [7, 11) is 0. The normalized spacial score (nSPS) is 20.5. The van der Waals surface area contributed by atoms with E-state index in [9.17, 15) is 4.79 Å². The molecule has 0 bridgehead atoms. The number of thioether (sulfide) groups is 1. The Labute approximate surface area is 81.7 Å². The lowest BCUT2D eigenvalue weighted by molar-refractivity contribution is -0.110. The van der Waals surface area contributed by atoms with E-state index in [1.165, 1.54) is 10.5 Å². The van der Waals surface area contributed by atoms with Crippen LogP contribution >= 0.6 is 11.8 Å². The van der Waals surface area contributed by atoms with Crippen LogP contribution in [0.15, 0.2) is 29.2 Å². The highest BCUT2D eigenvalue weighted by molar-refractivity contribution is 7.99. The largest absolute Gasteiger partial charge is 0.352 e. The molecular weight excluding hydrogens is 182 g/mol. The molecule has 0 saturated carbocycles. The van der Waals surface area contributed by atoms with Crippen LogP contribution in [0.3, 0.4) is 0 Å². The fraction of sp³-hybridized carbons (Fsp3) is 0.300. The van der Waals surface area contributed by atoms with Crippen molar-refractivity contribution in [3.63, 3.8) is 0 Å². The Hall–Kier alpha value is -0.960. The van der Waals surface area contributed by atoms with Gasteiger partial charge in [-0.25, -0.2) is 0 Å². The number of hydrogen-bond acceptors (Lipinski definition) is 2. The van der Waals surface area contributed by atoms with Crippen LogP contribution in [-0.2, 0) is 4.79 Å². The first-order chi connectivity index (χ1) is 6.42. The van der Waals surface area contributed by atoms with Gasteiger partial charge in [-0.2, -0.15) is 0 Å². The molecule has 2 rings (SSSR count). The van der Waals surface area contributed by atoms with Gasteiger partial charge < -0.3 is 5.32 Å². The molecule has 1 aromatic rings. The van der Waals surface area contributed by atoms with Gasteiger partial charge in [-0.3, -0.25) is 4.79 Å². The number of carbonyl (C=O) groups excluding carboxylic acids is 1. The fourth-order valence-corrected chi connectivity index (χ4v) is 2.72. The Balaban J connectivity index is 2.31. The van der Waals surface area contributed by atoms with E-state index in [-0.39, 0.29) is 6.04 Å². The third kappa shape index (κ3) is 1.70. The average Bonchev–Trinajstić information content (AvgIpc) is 2.19. The Morgan fingerprint density at radius 2 is 2.31 bits per heavy atom. The average molecular weight is 193 g/mol. The van der Waals surface area contributed by atoms with Crippen LogP contribution in [0.2, 0.25) is 0 Å². The van der Waals surface area contributed by atoms with Crippen LogP contribution in [0.25, 0.3) is 0 Å². The van der Waals surface area contributed by atoms with E-state index in [0.29, 0.717) is 0 Å². The van der Waals surface area contributed by atoms with Gasteiger partial charge in [0.05, 0.1) is 6.04 Å². The van der Waals surface area contributed by atoms with Crippen LogP contribution in [0, 0.1) is 0 Å². The lowest BCUT2D eigenvalue weighted by Crippen LogP contribution is -2.22. The van der Waals surface area contributed by atoms with Crippen molar-refractivity contribution in [2.75, 3.05) is 5.75 Å². The molecule has 1 unspecified atom stereocenters. The number of hydrogen-bond donors (Lipinski definition) is 1. The number of carbonyl (C=O) groups is 1. The summed E-state index contributed by atoms with van der Waals surface area (Å²) in [5.74, 6) is 1.09. The summed E-state index contributed by atoms with van der Waals surface area (Å²) in [6, 6.07) is 8.47. The molecule has 1 heterocycles. The first-order valence-corrected chi connectivity index (χ1v) is 5.32. The summed E-state index contributed by atoms with van der Waals surface area (Å²) in [4.78, 5) is 11.7. The molecule has 0 fully saturated rings. The number of benzene rings is 1. The summed E-state index contributed by atoms with van der Waals surface area (Å²) >= 11 is 1.86. The molecule has 0 aliphatic carbocycles. The molecule has 1 amide bonds. The molecule has 1 atom stereocenters. The number of nitrogens with one attached hydrogen (secondary N) is 1. The van der Waals surface area contributed by atoms with Crippen molar-refractivity contribution < 1.29 is 4.79 Å². The third-order valence-electron chi connectivity index (χ3n) is 2.23. The second kappa shape index (κ2) is 3.83. The molecular formula is C10H11NOS. The van der Waals surface area contributed by atoms with Gasteiger partial charge in [0.25, 0.3) is 0 Å². The maximum Gasteiger partial charge on any atom is 0.207 e. The highest BCUT2D eigenvalue weighted by atomic mass is 32.2. The van der Waals surface area contributed by atoms with E-state index in [4.69, 9.17) is 0 Å². The molecule has 1 N–H and O–H groups in total. The van der Waals surface area contributed by atoms with Crippen molar-refractivity contribution >= 4 is 18.2 Å². The summed E-state index contributed by atoms with van der Waals surface area (Å²) < 4.78 is 0. The third-order valence-corrected chi connectivity index (χ3v) is 3.35. The van der Waals surface area contributed by atoms with Crippen molar-refractivity contribution in [1.29, 1.82) is 0 Å². The van der Waals surface area contributed by atoms with Gasteiger partial charge in [0, 0.05) is 10.6 Å². The van der Waals surface area contributed by atoms with E-state index < -0.39 is 0 Å². The van der Waals surface area contributed by atoms with E-state index in [1.54, 1.807) is 0 Å². The Morgan fingerprint density at radius 3 is 3.15 bits per heavy atom. The second-order valence-corrected chi connectivity index (χ2v) is 4.15. The van der Waals surface area contributed by atoms with E-state index in [2.05, 4.69) is 17.4 Å². The molecule has 2 nitrogen and oxygen atoms in total. The zero-order valence-electron chi connectivity index (χ0n) is 7.19. The van der Waals surface area contributed by atoms with Gasteiger partial charge in [-0.05, 0) is 18.1 Å². The standard InChI is InChI=1S/C10H11NOS/c12-7-11-9-5-6-13-10-4-2-1-3-8(9)10/h1-4,7,9H,5-6H2,(H,11,12). The van der Waals surface area contributed by atoms with Gasteiger partial charge in [0.2, 0.25) is 6.41 Å². The molecule has 0 aromatic heterocycles.